The predicted molar refractivity (Wildman–Crippen MR) is 230 cm³/mol. The highest BCUT2D eigenvalue weighted by Crippen LogP contribution is 2.45. The van der Waals surface area contributed by atoms with E-state index in [9.17, 15) is 29.1 Å². The van der Waals surface area contributed by atoms with Crippen LogP contribution in [0.2, 0.25) is 0 Å². The van der Waals surface area contributed by atoms with Gasteiger partial charge in [0.1, 0.15) is 53.1 Å². The molecule has 4 N–H and O–H groups in total. The summed E-state index contributed by atoms with van der Waals surface area (Å²) < 4.78 is 23.7. The Bertz CT molecular complexity index is 2160. The average molecular weight is 873 g/mol. The molecule has 5 atom stereocenters. The van der Waals surface area contributed by atoms with Crippen LogP contribution in [0.15, 0.2) is 42.3 Å². The molecule has 5 aliphatic rings. The second-order valence-corrected chi connectivity index (χ2v) is 18.2. The second-order valence-electron chi connectivity index (χ2n) is 17.3. The monoisotopic (exact) mass is 872 g/mol. The molecule has 1 aromatic carbocycles. The zero-order valence-electron chi connectivity index (χ0n) is 35.1. The minimum atomic E-state index is -1.53. The molecule has 1 aliphatic heterocycles. The summed E-state index contributed by atoms with van der Waals surface area (Å²) in [7, 11) is 1.55. The number of thiazole rings is 1. The number of benzene rings is 1. The molecule has 16 nitrogen and oxygen atoms in total. The number of methoxy groups -OCH3 is 1. The minimum absolute atomic E-state index is 0.0202. The van der Waals surface area contributed by atoms with Gasteiger partial charge in [-0.15, -0.1) is 17.9 Å². The Morgan fingerprint density at radius 1 is 0.887 bits per heavy atom. The van der Waals surface area contributed by atoms with Crippen molar-refractivity contribution in [1.29, 1.82) is 0 Å². The summed E-state index contributed by atoms with van der Waals surface area (Å²) in [5.41, 5.74) is -0.0741. The Balaban J connectivity index is 1.08. The van der Waals surface area contributed by atoms with E-state index in [1.807, 2.05) is 6.07 Å². The van der Waals surface area contributed by atoms with Crippen LogP contribution in [0.4, 0.5) is 14.7 Å². The number of carbonyl (C=O) groups is 5. The van der Waals surface area contributed by atoms with Gasteiger partial charge in [-0.1, -0.05) is 31.8 Å². The lowest BCUT2D eigenvalue weighted by Crippen LogP contribution is -2.58. The lowest BCUT2D eigenvalue weighted by molar-refractivity contribution is -0.146. The summed E-state index contributed by atoms with van der Waals surface area (Å²) in [5.74, 6) is -1.92. The van der Waals surface area contributed by atoms with Crippen molar-refractivity contribution in [3.8, 4) is 22.9 Å². The number of pyridine rings is 1. The number of aromatic nitrogens is 2. The number of hydrogen-bond acceptors (Lipinski definition) is 12. The number of aliphatic carboxylic acids is 1. The van der Waals surface area contributed by atoms with Gasteiger partial charge in [0, 0.05) is 35.2 Å². The van der Waals surface area contributed by atoms with E-state index in [0.717, 1.165) is 89.9 Å². The summed E-state index contributed by atoms with van der Waals surface area (Å²) in [4.78, 5) is 78.8. The highest BCUT2D eigenvalue weighted by Gasteiger charge is 2.61. The van der Waals surface area contributed by atoms with E-state index >= 15 is 0 Å². The highest BCUT2D eigenvalue weighted by atomic mass is 32.1. The van der Waals surface area contributed by atoms with Crippen molar-refractivity contribution in [3.63, 3.8) is 0 Å². The van der Waals surface area contributed by atoms with Crippen LogP contribution in [-0.2, 0) is 23.9 Å². The summed E-state index contributed by atoms with van der Waals surface area (Å²) in [6, 6.07) is 5.02. The fourth-order valence-corrected chi connectivity index (χ4v) is 10.3. The molecule has 0 radical (unpaired) electrons. The number of amides is 4. The Kier molecular flexibility index (Phi) is 13.2. The molecule has 332 valence electrons. The summed E-state index contributed by atoms with van der Waals surface area (Å²) in [6.07, 6.45) is 12.1. The third-order valence-corrected chi connectivity index (χ3v) is 13.9. The number of ether oxygens (including phenoxy) is 4. The predicted octanol–water partition coefficient (Wildman–Crippen LogP) is 7.36. The van der Waals surface area contributed by atoms with Gasteiger partial charge in [-0.3, -0.25) is 14.9 Å². The Morgan fingerprint density at radius 3 is 2.23 bits per heavy atom. The largest absolute Gasteiger partial charge is 0.497 e. The van der Waals surface area contributed by atoms with Crippen molar-refractivity contribution in [1.82, 2.24) is 25.5 Å². The smallest absolute Gasteiger partial charge is 0.413 e. The van der Waals surface area contributed by atoms with Gasteiger partial charge < -0.3 is 39.6 Å². The third kappa shape index (κ3) is 9.62. The molecule has 1 saturated heterocycles. The molecular formula is C45H56N6O10S. The standard InChI is InChI=1S/C45H56N6O10S/c1-3-27-23-45(27,41(54)55)50-39(52)36-21-31(24-51(36)40(53)38(26-12-6-4-7-13-26)48-43(56)60-28-14-8-5-9-15-28)59-37-22-34(46-33-20-30(58-2)18-19-32(33)37)35-25-62-42(47-35)49-44(57)61-29-16-10-11-17-29/h3,18-20,22,25-29,31,36,38H,1,4-17,21,23-24H2,2H3,(H,48,56)(H,50,52)(H,54,55)(H,47,49,57)/t27-,31-,36+,38+,45-/m1/s1. The van der Waals surface area contributed by atoms with Crippen molar-refractivity contribution in [3.05, 3.63) is 42.3 Å². The molecule has 0 bridgehead atoms. The highest BCUT2D eigenvalue weighted by molar-refractivity contribution is 7.14. The Labute approximate surface area is 364 Å². The van der Waals surface area contributed by atoms with Crippen molar-refractivity contribution in [2.45, 2.75) is 139 Å². The fourth-order valence-electron chi connectivity index (χ4n) is 9.65. The zero-order chi connectivity index (χ0) is 43.4. The molecular weight excluding hydrogens is 817 g/mol. The summed E-state index contributed by atoms with van der Waals surface area (Å²) in [6.45, 7) is 3.74. The van der Waals surface area contributed by atoms with Crippen molar-refractivity contribution in [2.24, 2.45) is 11.8 Å². The number of fused-ring (bicyclic) bond motifs is 1. The van der Waals surface area contributed by atoms with Crippen molar-refractivity contribution in [2.75, 3.05) is 19.0 Å². The van der Waals surface area contributed by atoms with E-state index in [4.69, 9.17) is 23.9 Å². The number of carboxylic acid groups (broad SMARTS) is 1. The van der Waals surface area contributed by atoms with Gasteiger partial charge in [-0.25, -0.2) is 24.4 Å². The maximum atomic E-state index is 14.9. The van der Waals surface area contributed by atoms with Crippen LogP contribution in [0.1, 0.15) is 103 Å². The Hall–Kier alpha value is -5.45. The minimum Gasteiger partial charge on any atom is -0.497 e. The lowest BCUT2D eigenvalue weighted by atomic mass is 9.83. The topological polar surface area (TPSA) is 208 Å². The first-order chi connectivity index (χ1) is 30.0. The van der Waals surface area contributed by atoms with Crippen LogP contribution in [0.3, 0.4) is 0 Å². The normalized spacial score (nSPS) is 24.8. The van der Waals surface area contributed by atoms with Crippen LogP contribution in [-0.4, -0.2) is 99.5 Å². The first-order valence-electron chi connectivity index (χ1n) is 22.1. The fraction of sp³-hybridized carbons (Fsp3) is 0.578. The van der Waals surface area contributed by atoms with Crippen LogP contribution >= 0.6 is 11.3 Å². The summed E-state index contributed by atoms with van der Waals surface area (Å²) in [5, 5.41) is 21.4. The molecule has 0 unspecified atom stereocenters. The molecule has 5 fully saturated rings. The maximum absolute atomic E-state index is 14.9. The van der Waals surface area contributed by atoms with Gasteiger partial charge in [0.25, 0.3) is 0 Å². The van der Waals surface area contributed by atoms with Crippen molar-refractivity contribution >= 4 is 57.3 Å². The molecule has 8 rings (SSSR count). The molecule has 62 heavy (non-hydrogen) atoms. The van der Waals surface area contributed by atoms with E-state index in [1.165, 1.54) is 22.3 Å². The van der Waals surface area contributed by atoms with Gasteiger partial charge in [-0.2, -0.15) is 0 Å². The third-order valence-electron chi connectivity index (χ3n) is 13.2. The number of carboxylic acids is 1. The molecule has 3 aromatic rings. The number of nitrogens with one attached hydrogen (secondary N) is 3. The quantitative estimate of drug-likeness (QED) is 0.117. The Morgan fingerprint density at radius 2 is 1.56 bits per heavy atom. The maximum Gasteiger partial charge on any atom is 0.413 e. The van der Waals surface area contributed by atoms with E-state index in [-0.39, 0.29) is 37.5 Å². The lowest BCUT2D eigenvalue weighted by Gasteiger charge is -2.35. The van der Waals surface area contributed by atoms with Gasteiger partial charge in [0.15, 0.2) is 5.13 Å². The number of carbonyl (C=O) groups excluding carboxylic acids is 4. The first kappa shape index (κ1) is 43.2. The van der Waals surface area contributed by atoms with E-state index in [2.05, 4.69) is 27.5 Å². The zero-order valence-corrected chi connectivity index (χ0v) is 35.9. The molecule has 2 aromatic heterocycles. The molecule has 3 heterocycles. The van der Waals surface area contributed by atoms with Gasteiger partial charge >= 0.3 is 18.2 Å². The van der Waals surface area contributed by atoms with Crippen molar-refractivity contribution < 1.29 is 48.0 Å². The van der Waals surface area contributed by atoms with Crippen LogP contribution < -0.4 is 25.4 Å². The number of likely N-dealkylation sites (tertiary alicyclic amines) is 1. The van der Waals surface area contributed by atoms with E-state index in [0.29, 0.717) is 38.9 Å². The molecule has 4 saturated carbocycles. The molecule has 0 spiro atoms. The van der Waals surface area contributed by atoms with Crippen LogP contribution in [0, 0.1) is 11.8 Å². The van der Waals surface area contributed by atoms with Gasteiger partial charge in [-0.05, 0) is 88.7 Å². The SMILES string of the molecule is C=C[C@@H]1C[C@]1(NC(=O)[C@@H]1C[C@@H](Oc2cc(-c3csc(NC(=O)OC4CCCC4)n3)nc3cc(OC)ccc23)CN1C(=O)[C@@H](NC(=O)OC1CCCCC1)C1CCCCC1)C(=O)O. The van der Waals surface area contributed by atoms with Gasteiger partial charge in [0.2, 0.25) is 11.8 Å². The van der Waals surface area contributed by atoms with Crippen LogP contribution in [0.25, 0.3) is 22.3 Å². The second kappa shape index (κ2) is 18.9. The number of rotatable bonds is 14. The number of nitrogens with zero attached hydrogens (tertiary/aromatic N) is 3. The first-order valence-corrected chi connectivity index (χ1v) is 23.0. The van der Waals surface area contributed by atoms with Gasteiger partial charge in [0.05, 0.1) is 24.9 Å². The number of hydrogen-bond donors (Lipinski definition) is 4. The molecule has 17 heteroatoms. The van der Waals surface area contributed by atoms with Crippen LogP contribution in [0.5, 0.6) is 11.5 Å². The number of anilines is 1. The molecule has 4 amide bonds. The van der Waals surface area contributed by atoms with E-state index < -0.39 is 59.6 Å². The number of alkyl carbamates (subject to hydrolysis) is 1. The molecule has 4 aliphatic carbocycles. The summed E-state index contributed by atoms with van der Waals surface area (Å²) >= 11 is 1.23. The average Bonchev–Trinajstić information content (AvgIpc) is 3.68. The van der Waals surface area contributed by atoms with E-state index in [1.54, 1.807) is 30.7 Å².